The number of rotatable bonds is 8. The number of nitrogens with zero attached hydrogens (tertiary/aromatic N) is 1. The average Bonchev–Trinajstić information content (AvgIpc) is 2.89. The normalized spacial score (nSPS) is 18.9. The lowest BCUT2D eigenvalue weighted by Gasteiger charge is -2.42. The van der Waals surface area contributed by atoms with Crippen molar-refractivity contribution in [1.82, 2.24) is 10.2 Å². The van der Waals surface area contributed by atoms with Crippen LogP contribution in [0.25, 0.3) is 0 Å². The third kappa shape index (κ3) is 5.18. The van der Waals surface area contributed by atoms with Crippen LogP contribution in [0.4, 0.5) is 9.80 Å². The number of likely N-dealkylation sites (N-methyl/N-ethyl adjacent to an activating group) is 1. The summed E-state index contributed by atoms with van der Waals surface area (Å²) in [6.45, 7) is 6.46. The van der Waals surface area contributed by atoms with Crippen molar-refractivity contribution in [3.63, 3.8) is 0 Å². The van der Waals surface area contributed by atoms with Crippen molar-refractivity contribution in [2.45, 2.75) is 45.7 Å². The summed E-state index contributed by atoms with van der Waals surface area (Å²) >= 11 is 1.18. The number of aryl methyl sites for hydroxylation is 1. The molecule has 0 spiro atoms. The van der Waals surface area contributed by atoms with Gasteiger partial charge in [0.1, 0.15) is 4.88 Å². The molecule has 0 atom stereocenters. The second-order valence-electron chi connectivity index (χ2n) is 6.22. The van der Waals surface area contributed by atoms with Crippen LogP contribution in [0.2, 0.25) is 0 Å². The van der Waals surface area contributed by atoms with E-state index in [1.54, 1.807) is 19.9 Å². The minimum atomic E-state index is -0.841. The van der Waals surface area contributed by atoms with E-state index in [1.165, 1.54) is 11.3 Å². The predicted octanol–water partition coefficient (Wildman–Crippen LogP) is 2.29. The highest BCUT2D eigenvalue weighted by atomic mass is 32.1. The molecule has 1 saturated carbocycles. The third-order valence-corrected chi connectivity index (χ3v) is 5.46. The van der Waals surface area contributed by atoms with Crippen LogP contribution in [-0.2, 0) is 9.53 Å². The highest BCUT2D eigenvalue weighted by Gasteiger charge is 2.34. The number of carboxylic acid groups (broad SMARTS) is 1. The van der Waals surface area contributed by atoms with Gasteiger partial charge in [-0.25, -0.2) is 9.59 Å². The predicted molar refractivity (Wildman–Crippen MR) is 98.9 cm³/mol. The molecule has 0 unspecified atom stereocenters. The first-order valence-electron chi connectivity index (χ1n) is 8.64. The van der Waals surface area contributed by atoms with E-state index >= 15 is 0 Å². The molecule has 3 N–H and O–H groups in total. The Kier molecular flexibility index (Phi) is 6.98. The number of carbonyl (C=O) groups is 3. The molecule has 0 bridgehead atoms. The zero-order valence-electron chi connectivity index (χ0n) is 15.2. The Morgan fingerprint density at radius 3 is 2.62 bits per heavy atom. The molecule has 0 aromatic carbocycles. The van der Waals surface area contributed by atoms with Crippen LogP contribution >= 0.6 is 11.3 Å². The van der Waals surface area contributed by atoms with Gasteiger partial charge in [0.05, 0.1) is 18.2 Å². The summed E-state index contributed by atoms with van der Waals surface area (Å²) in [7, 11) is 0. The number of aliphatic carboxylic acids is 1. The molecule has 0 saturated heterocycles. The van der Waals surface area contributed by atoms with Crippen molar-refractivity contribution in [2.75, 3.05) is 25.0 Å². The van der Waals surface area contributed by atoms with Crippen molar-refractivity contribution >= 4 is 34.3 Å². The van der Waals surface area contributed by atoms with E-state index in [0.717, 1.165) is 18.4 Å². The van der Waals surface area contributed by atoms with Crippen LogP contribution in [0, 0.1) is 6.92 Å². The number of ether oxygens (including phenoxy) is 1. The Bertz CT molecular complexity index is 669. The van der Waals surface area contributed by atoms with Gasteiger partial charge in [-0.3, -0.25) is 15.0 Å². The number of amides is 2. The number of thiophene rings is 1. The van der Waals surface area contributed by atoms with Crippen LogP contribution in [0.15, 0.2) is 6.07 Å². The number of esters is 1. The van der Waals surface area contributed by atoms with Crippen LogP contribution in [0.3, 0.4) is 0 Å². The summed E-state index contributed by atoms with van der Waals surface area (Å²) in [5, 5.41) is 15.1. The van der Waals surface area contributed by atoms with Gasteiger partial charge in [0.25, 0.3) is 0 Å². The topological polar surface area (TPSA) is 108 Å². The standard InChI is InChI=1S/C17H25N3O5S/c1-4-20(9-14(21)22)12-7-11(8-12)18-17(24)19-13-6-10(3)15(26-13)16(23)25-5-2/h6,11-12H,4-5,7-9H2,1-3H3,(H,21,22)(H2,18,19,24). The summed E-state index contributed by atoms with van der Waals surface area (Å²) < 4.78 is 4.99. The highest BCUT2D eigenvalue weighted by Crippen LogP contribution is 2.28. The summed E-state index contributed by atoms with van der Waals surface area (Å²) in [6.07, 6.45) is 1.46. The Balaban J connectivity index is 1.81. The van der Waals surface area contributed by atoms with Crippen LogP contribution in [-0.4, -0.2) is 59.8 Å². The lowest BCUT2D eigenvalue weighted by molar-refractivity contribution is -0.139. The minimum absolute atomic E-state index is 0.0190. The molecule has 144 valence electrons. The largest absolute Gasteiger partial charge is 0.480 e. The lowest BCUT2D eigenvalue weighted by Crippen LogP contribution is -2.55. The van der Waals surface area contributed by atoms with Crippen molar-refractivity contribution < 1.29 is 24.2 Å². The Labute approximate surface area is 156 Å². The first-order valence-corrected chi connectivity index (χ1v) is 9.46. The molecule has 0 radical (unpaired) electrons. The summed E-state index contributed by atoms with van der Waals surface area (Å²) in [6, 6.07) is 1.62. The monoisotopic (exact) mass is 383 g/mol. The number of urea groups is 1. The second-order valence-corrected chi connectivity index (χ2v) is 7.27. The van der Waals surface area contributed by atoms with Gasteiger partial charge in [0.2, 0.25) is 0 Å². The van der Waals surface area contributed by atoms with E-state index in [0.29, 0.717) is 23.0 Å². The fourth-order valence-corrected chi connectivity index (χ4v) is 3.91. The Hall–Kier alpha value is -2.13. The van der Waals surface area contributed by atoms with Gasteiger partial charge in [-0.1, -0.05) is 6.92 Å². The quantitative estimate of drug-likeness (QED) is 0.595. The fourth-order valence-electron chi connectivity index (χ4n) is 2.95. The number of hydrogen-bond acceptors (Lipinski definition) is 6. The molecule has 2 amide bonds. The van der Waals surface area contributed by atoms with E-state index in [-0.39, 0.29) is 30.6 Å². The molecule has 9 heteroatoms. The Morgan fingerprint density at radius 1 is 1.35 bits per heavy atom. The van der Waals surface area contributed by atoms with Crippen LogP contribution in [0.5, 0.6) is 0 Å². The SMILES string of the molecule is CCOC(=O)c1sc(NC(=O)NC2CC(N(CC)CC(=O)O)C2)cc1C. The molecule has 8 nitrogen and oxygen atoms in total. The molecule has 2 rings (SSSR count). The van der Waals surface area contributed by atoms with Gasteiger partial charge in [-0.2, -0.15) is 0 Å². The lowest BCUT2D eigenvalue weighted by atomic mass is 9.85. The molecular weight excluding hydrogens is 358 g/mol. The van der Waals surface area contributed by atoms with E-state index in [4.69, 9.17) is 9.84 Å². The number of anilines is 1. The molecule has 1 aromatic rings. The Morgan fingerprint density at radius 2 is 2.04 bits per heavy atom. The zero-order valence-corrected chi connectivity index (χ0v) is 16.0. The fraction of sp³-hybridized carbons (Fsp3) is 0.588. The first kappa shape index (κ1) is 20.2. The van der Waals surface area contributed by atoms with Gasteiger partial charge in [0, 0.05) is 12.1 Å². The highest BCUT2D eigenvalue weighted by molar-refractivity contribution is 7.18. The van der Waals surface area contributed by atoms with Gasteiger partial charge in [-0.05, 0) is 44.9 Å². The second kappa shape index (κ2) is 9.00. The molecule has 0 aliphatic heterocycles. The van der Waals surface area contributed by atoms with Crippen LogP contribution < -0.4 is 10.6 Å². The van der Waals surface area contributed by atoms with Crippen molar-refractivity contribution in [3.05, 3.63) is 16.5 Å². The van der Waals surface area contributed by atoms with Gasteiger partial charge in [-0.15, -0.1) is 11.3 Å². The molecule has 1 aliphatic rings. The van der Waals surface area contributed by atoms with Gasteiger partial charge < -0.3 is 15.2 Å². The number of carbonyl (C=O) groups excluding carboxylic acids is 2. The maximum absolute atomic E-state index is 12.1. The summed E-state index contributed by atoms with van der Waals surface area (Å²) in [5.41, 5.74) is 0.764. The molecule has 1 heterocycles. The van der Waals surface area contributed by atoms with E-state index in [9.17, 15) is 14.4 Å². The smallest absolute Gasteiger partial charge is 0.348 e. The van der Waals surface area contributed by atoms with Gasteiger partial charge >= 0.3 is 18.0 Å². The maximum Gasteiger partial charge on any atom is 0.348 e. The molecule has 1 aliphatic carbocycles. The number of carboxylic acids is 1. The maximum atomic E-state index is 12.1. The molecule has 1 fully saturated rings. The van der Waals surface area contributed by atoms with E-state index < -0.39 is 5.97 Å². The molecule has 26 heavy (non-hydrogen) atoms. The summed E-state index contributed by atoms with van der Waals surface area (Å²) in [4.78, 5) is 37.2. The average molecular weight is 383 g/mol. The third-order valence-electron chi connectivity index (χ3n) is 4.32. The van der Waals surface area contributed by atoms with E-state index in [1.807, 2.05) is 11.8 Å². The summed E-state index contributed by atoms with van der Waals surface area (Å²) in [5.74, 6) is -1.23. The van der Waals surface area contributed by atoms with Crippen LogP contribution in [0.1, 0.15) is 41.9 Å². The zero-order chi connectivity index (χ0) is 19.3. The minimum Gasteiger partial charge on any atom is -0.480 e. The molecule has 1 aromatic heterocycles. The van der Waals surface area contributed by atoms with Crippen molar-refractivity contribution in [2.24, 2.45) is 0 Å². The van der Waals surface area contributed by atoms with E-state index in [2.05, 4.69) is 10.6 Å². The van der Waals surface area contributed by atoms with Gasteiger partial charge in [0.15, 0.2) is 0 Å². The molecular formula is C17H25N3O5S. The number of nitrogens with one attached hydrogen (secondary N) is 2. The van der Waals surface area contributed by atoms with Crippen molar-refractivity contribution in [3.8, 4) is 0 Å². The number of hydrogen-bond donors (Lipinski definition) is 3. The van der Waals surface area contributed by atoms with Crippen molar-refractivity contribution in [1.29, 1.82) is 0 Å². The first-order chi connectivity index (χ1) is 12.3.